The Kier molecular flexibility index (Phi) is 5.94. The average molecular weight is 424 g/mol. The van der Waals surface area contributed by atoms with Crippen LogP contribution in [0.15, 0.2) is 91.3 Å². The van der Waals surface area contributed by atoms with Crippen molar-refractivity contribution in [1.29, 1.82) is 0 Å². The highest BCUT2D eigenvalue weighted by Gasteiger charge is 2.16. The fourth-order valence-electron chi connectivity index (χ4n) is 3.36. The molecule has 6 heteroatoms. The van der Waals surface area contributed by atoms with Gasteiger partial charge < -0.3 is 15.2 Å². The molecule has 0 radical (unpaired) electrons. The number of hydrogen-bond acceptors (Lipinski definition) is 4. The van der Waals surface area contributed by atoms with E-state index in [1.165, 1.54) is 12.3 Å². The minimum absolute atomic E-state index is 0.00262. The summed E-state index contributed by atoms with van der Waals surface area (Å²) in [6, 6.07) is 23.5. The van der Waals surface area contributed by atoms with Crippen molar-refractivity contribution in [1.82, 2.24) is 4.98 Å². The predicted octanol–water partition coefficient (Wildman–Crippen LogP) is 5.37. The molecule has 0 aliphatic heterocycles. The van der Waals surface area contributed by atoms with Gasteiger partial charge in [0, 0.05) is 18.0 Å². The van der Waals surface area contributed by atoms with Crippen LogP contribution in [-0.2, 0) is 0 Å². The third-order valence-electron chi connectivity index (χ3n) is 5.01. The number of carboxylic acid groups (broad SMARTS) is 1. The largest absolute Gasteiger partial charge is 0.497 e. The summed E-state index contributed by atoms with van der Waals surface area (Å²) in [5, 5.41) is 12.3. The van der Waals surface area contributed by atoms with E-state index in [1.807, 2.05) is 54.6 Å². The van der Waals surface area contributed by atoms with Gasteiger partial charge in [0.25, 0.3) is 5.91 Å². The van der Waals surface area contributed by atoms with Crippen LogP contribution < -0.4 is 10.1 Å². The second-order valence-corrected chi connectivity index (χ2v) is 7.08. The van der Waals surface area contributed by atoms with Crippen molar-refractivity contribution in [3.63, 3.8) is 0 Å². The fourth-order valence-corrected chi connectivity index (χ4v) is 3.36. The molecule has 4 rings (SSSR count). The van der Waals surface area contributed by atoms with Crippen LogP contribution in [0, 0.1) is 0 Å². The van der Waals surface area contributed by atoms with Gasteiger partial charge in [-0.3, -0.25) is 9.78 Å². The lowest BCUT2D eigenvalue weighted by Gasteiger charge is -2.12. The number of anilines is 1. The number of nitrogens with one attached hydrogen (secondary N) is 1. The summed E-state index contributed by atoms with van der Waals surface area (Å²) >= 11 is 0. The summed E-state index contributed by atoms with van der Waals surface area (Å²) in [5.41, 5.74) is 3.84. The van der Waals surface area contributed by atoms with Crippen molar-refractivity contribution in [2.45, 2.75) is 0 Å². The SMILES string of the molecule is COc1cccc(-c2ccc(C(=O)O)c(NC(=O)c3cncc(-c4ccccc4)c3)c2)c1. The number of amides is 1. The molecule has 6 nitrogen and oxygen atoms in total. The summed E-state index contributed by atoms with van der Waals surface area (Å²) in [6.07, 6.45) is 3.13. The maximum absolute atomic E-state index is 13.0. The highest BCUT2D eigenvalue weighted by Crippen LogP contribution is 2.29. The Bertz CT molecular complexity index is 1290. The Morgan fingerprint density at radius 1 is 0.812 bits per heavy atom. The molecule has 0 aliphatic rings. The fraction of sp³-hybridized carbons (Fsp3) is 0.0385. The number of aromatic nitrogens is 1. The number of carbonyl (C=O) groups excluding carboxylic acids is 1. The first-order valence-electron chi connectivity index (χ1n) is 9.89. The molecule has 1 amide bonds. The van der Waals surface area contributed by atoms with E-state index in [4.69, 9.17) is 4.74 Å². The van der Waals surface area contributed by atoms with E-state index < -0.39 is 11.9 Å². The molecule has 0 unspecified atom stereocenters. The van der Waals surface area contributed by atoms with E-state index in [-0.39, 0.29) is 11.3 Å². The van der Waals surface area contributed by atoms with Gasteiger partial charge in [-0.2, -0.15) is 0 Å². The Balaban J connectivity index is 1.67. The quantitative estimate of drug-likeness (QED) is 0.434. The number of rotatable bonds is 6. The molecule has 2 N–H and O–H groups in total. The smallest absolute Gasteiger partial charge is 0.337 e. The van der Waals surface area contributed by atoms with Crippen molar-refractivity contribution in [2.24, 2.45) is 0 Å². The van der Waals surface area contributed by atoms with Crippen LogP contribution in [0.25, 0.3) is 22.3 Å². The van der Waals surface area contributed by atoms with Gasteiger partial charge in [0.1, 0.15) is 5.75 Å². The molecular weight excluding hydrogens is 404 g/mol. The van der Waals surface area contributed by atoms with Crippen molar-refractivity contribution in [2.75, 3.05) is 12.4 Å². The molecule has 1 heterocycles. The Morgan fingerprint density at radius 3 is 2.31 bits per heavy atom. The van der Waals surface area contributed by atoms with Gasteiger partial charge in [0.2, 0.25) is 0 Å². The molecule has 0 fully saturated rings. The second-order valence-electron chi connectivity index (χ2n) is 7.08. The Morgan fingerprint density at radius 2 is 1.56 bits per heavy atom. The minimum Gasteiger partial charge on any atom is -0.497 e. The standard InChI is InChI=1S/C26H20N2O4/c1-32-22-9-5-8-18(13-22)19-10-11-23(26(30)31)24(14-19)28-25(29)21-12-20(15-27-16-21)17-6-3-2-4-7-17/h2-16H,1H3,(H,28,29)(H,30,31). The van der Waals surface area contributed by atoms with Gasteiger partial charge in [-0.15, -0.1) is 0 Å². The summed E-state index contributed by atoms with van der Waals surface area (Å²) in [4.78, 5) is 28.9. The first kappa shape index (κ1) is 20.8. The maximum atomic E-state index is 13.0. The number of ether oxygens (including phenoxy) is 1. The number of carbonyl (C=O) groups is 2. The molecule has 0 atom stereocenters. The zero-order valence-corrected chi connectivity index (χ0v) is 17.3. The van der Waals surface area contributed by atoms with Crippen LogP contribution in [0.5, 0.6) is 5.75 Å². The van der Waals surface area contributed by atoms with Crippen LogP contribution in [0.1, 0.15) is 20.7 Å². The van der Waals surface area contributed by atoms with E-state index in [2.05, 4.69) is 10.3 Å². The minimum atomic E-state index is -1.13. The van der Waals surface area contributed by atoms with E-state index in [9.17, 15) is 14.7 Å². The van der Waals surface area contributed by atoms with Crippen molar-refractivity contribution >= 4 is 17.6 Å². The number of nitrogens with zero attached hydrogens (tertiary/aromatic N) is 1. The number of hydrogen-bond donors (Lipinski definition) is 2. The van der Waals surface area contributed by atoms with E-state index >= 15 is 0 Å². The number of pyridine rings is 1. The van der Waals surface area contributed by atoms with Crippen molar-refractivity contribution in [3.05, 3.63) is 102 Å². The lowest BCUT2D eigenvalue weighted by Crippen LogP contribution is -2.15. The predicted molar refractivity (Wildman–Crippen MR) is 123 cm³/mol. The zero-order valence-electron chi connectivity index (χ0n) is 17.3. The number of benzene rings is 3. The second kappa shape index (κ2) is 9.14. The first-order chi connectivity index (χ1) is 15.5. The van der Waals surface area contributed by atoms with E-state index in [0.29, 0.717) is 11.3 Å². The molecule has 1 aromatic heterocycles. The lowest BCUT2D eigenvalue weighted by atomic mass is 10.0. The summed E-state index contributed by atoms with van der Waals surface area (Å²) in [6.45, 7) is 0. The molecule has 0 saturated heterocycles. The molecule has 0 bridgehead atoms. The Hall–Kier alpha value is -4.45. The van der Waals surface area contributed by atoms with Gasteiger partial charge in [-0.05, 0) is 47.0 Å². The van der Waals surface area contributed by atoms with E-state index in [0.717, 1.165) is 22.3 Å². The van der Waals surface area contributed by atoms with Gasteiger partial charge in [-0.1, -0.05) is 48.5 Å². The first-order valence-corrected chi connectivity index (χ1v) is 9.89. The highest BCUT2D eigenvalue weighted by atomic mass is 16.5. The third-order valence-corrected chi connectivity index (χ3v) is 5.01. The van der Waals surface area contributed by atoms with Crippen LogP contribution in [0.3, 0.4) is 0 Å². The van der Waals surface area contributed by atoms with Gasteiger partial charge >= 0.3 is 5.97 Å². The highest BCUT2D eigenvalue weighted by molar-refractivity contribution is 6.08. The lowest BCUT2D eigenvalue weighted by molar-refractivity contribution is 0.0698. The van der Waals surface area contributed by atoms with Gasteiger partial charge in [-0.25, -0.2) is 4.79 Å². The normalized spacial score (nSPS) is 10.4. The number of methoxy groups -OCH3 is 1. The van der Waals surface area contributed by atoms with Crippen molar-refractivity contribution in [3.8, 4) is 28.0 Å². The number of aromatic carboxylic acids is 1. The molecule has 0 saturated carbocycles. The molecule has 4 aromatic rings. The molecule has 3 aromatic carbocycles. The van der Waals surface area contributed by atoms with E-state index in [1.54, 1.807) is 31.5 Å². The molecule has 0 spiro atoms. The summed E-state index contributed by atoms with van der Waals surface area (Å²) in [5.74, 6) is -0.895. The molecule has 158 valence electrons. The van der Waals surface area contributed by atoms with Gasteiger partial charge in [0.15, 0.2) is 0 Å². The Labute approximate surface area is 185 Å². The van der Waals surface area contributed by atoms with Gasteiger partial charge in [0.05, 0.1) is 23.9 Å². The van der Waals surface area contributed by atoms with Crippen LogP contribution in [-0.4, -0.2) is 29.1 Å². The summed E-state index contributed by atoms with van der Waals surface area (Å²) in [7, 11) is 1.58. The zero-order chi connectivity index (χ0) is 22.5. The maximum Gasteiger partial charge on any atom is 0.337 e. The summed E-state index contributed by atoms with van der Waals surface area (Å²) < 4.78 is 5.27. The van der Waals surface area contributed by atoms with Crippen molar-refractivity contribution < 1.29 is 19.4 Å². The number of carboxylic acids is 1. The monoisotopic (exact) mass is 424 g/mol. The van der Waals surface area contributed by atoms with Crippen LogP contribution in [0.2, 0.25) is 0 Å². The third kappa shape index (κ3) is 4.49. The topological polar surface area (TPSA) is 88.5 Å². The average Bonchev–Trinajstić information content (AvgIpc) is 2.84. The molecular formula is C26H20N2O4. The van der Waals surface area contributed by atoms with Crippen LogP contribution in [0.4, 0.5) is 5.69 Å². The van der Waals surface area contributed by atoms with Crippen LogP contribution >= 0.6 is 0 Å². The molecule has 32 heavy (non-hydrogen) atoms. The molecule has 0 aliphatic carbocycles.